The predicted octanol–water partition coefficient (Wildman–Crippen LogP) is 4.23. The second kappa shape index (κ2) is 7.15. The molecule has 2 aromatic rings. The zero-order chi connectivity index (χ0) is 14.4. The van der Waals surface area contributed by atoms with Gasteiger partial charge in [0.05, 0.1) is 19.4 Å². The van der Waals surface area contributed by atoms with Crippen molar-refractivity contribution in [1.29, 1.82) is 0 Å². The van der Waals surface area contributed by atoms with Gasteiger partial charge in [-0.25, -0.2) is 0 Å². The first-order valence-electron chi connectivity index (χ1n) is 7.24. The number of nitrogens with one attached hydrogen (secondary N) is 1. The first kappa shape index (κ1) is 14.7. The molecule has 0 saturated heterocycles. The van der Waals surface area contributed by atoms with Crippen LogP contribution >= 0.6 is 0 Å². The van der Waals surface area contributed by atoms with Crippen LogP contribution in [0.4, 0.5) is 0 Å². The fraction of sp³-hybridized carbons (Fsp3) is 0.412. The molecule has 0 aliphatic rings. The lowest BCUT2D eigenvalue weighted by Crippen LogP contribution is -2.21. The summed E-state index contributed by atoms with van der Waals surface area (Å²) >= 11 is 0. The van der Waals surface area contributed by atoms with E-state index in [1.165, 1.54) is 0 Å². The predicted molar refractivity (Wildman–Crippen MR) is 81.9 cm³/mol. The quantitative estimate of drug-likeness (QED) is 0.819. The molecule has 0 aliphatic carbocycles. The molecular weight excluding hydrogens is 250 g/mol. The highest BCUT2D eigenvalue weighted by atomic mass is 16.5. The van der Waals surface area contributed by atoms with Gasteiger partial charge in [0.15, 0.2) is 0 Å². The van der Waals surface area contributed by atoms with Gasteiger partial charge >= 0.3 is 0 Å². The van der Waals surface area contributed by atoms with Crippen LogP contribution in [0.5, 0.6) is 5.75 Å². The average molecular weight is 273 g/mol. The molecule has 0 bridgehead atoms. The number of rotatable bonds is 7. The third kappa shape index (κ3) is 3.64. The summed E-state index contributed by atoms with van der Waals surface area (Å²) in [6, 6.07) is 10.6. The van der Waals surface area contributed by atoms with Crippen molar-refractivity contribution in [3.05, 3.63) is 42.4 Å². The van der Waals surface area contributed by atoms with Crippen molar-refractivity contribution >= 4 is 0 Å². The maximum Gasteiger partial charge on any atom is 0.127 e. The van der Waals surface area contributed by atoms with E-state index in [4.69, 9.17) is 9.15 Å². The van der Waals surface area contributed by atoms with Crippen LogP contribution in [-0.4, -0.2) is 12.6 Å². The lowest BCUT2D eigenvalue weighted by Gasteiger charge is -2.12. The van der Waals surface area contributed by atoms with Crippen LogP contribution in [-0.2, 0) is 6.54 Å². The summed E-state index contributed by atoms with van der Waals surface area (Å²) in [5, 5.41) is 3.39. The van der Waals surface area contributed by atoms with Crippen LogP contribution < -0.4 is 10.1 Å². The summed E-state index contributed by atoms with van der Waals surface area (Å²) in [5.41, 5.74) is 2.19. The van der Waals surface area contributed by atoms with Crippen molar-refractivity contribution < 1.29 is 9.15 Å². The molecule has 1 aromatic carbocycles. The molecule has 20 heavy (non-hydrogen) atoms. The van der Waals surface area contributed by atoms with Gasteiger partial charge in [-0.05, 0) is 18.6 Å². The number of furan rings is 1. The van der Waals surface area contributed by atoms with Gasteiger partial charge < -0.3 is 14.5 Å². The van der Waals surface area contributed by atoms with E-state index >= 15 is 0 Å². The van der Waals surface area contributed by atoms with Crippen molar-refractivity contribution in [2.75, 3.05) is 6.61 Å². The smallest absolute Gasteiger partial charge is 0.127 e. The van der Waals surface area contributed by atoms with Crippen molar-refractivity contribution in [3.8, 4) is 16.9 Å². The zero-order valence-corrected chi connectivity index (χ0v) is 12.5. The highest BCUT2D eigenvalue weighted by Gasteiger charge is 2.13. The normalized spacial score (nSPS) is 11.0. The van der Waals surface area contributed by atoms with Gasteiger partial charge in [0, 0.05) is 17.2 Å². The molecule has 1 aromatic heterocycles. The van der Waals surface area contributed by atoms with Crippen LogP contribution in [0.25, 0.3) is 11.1 Å². The lowest BCUT2D eigenvalue weighted by molar-refractivity contribution is 0.318. The number of ether oxygens (including phenoxy) is 1. The van der Waals surface area contributed by atoms with Crippen molar-refractivity contribution in [2.45, 2.75) is 39.8 Å². The van der Waals surface area contributed by atoms with Crippen LogP contribution in [0.15, 0.2) is 41.0 Å². The van der Waals surface area contributed by atoms with Crippen LogP contribution in [0.1, 0.15) is 33.0 Å². The molecule has 2 rings (SSSR count). The highest BCUT2D eigenvalue weighted by Crippen LogP contribution is 2.33. The molecule has 0 unspecified atom stereocenters. The SMILES string of the molecule is CCCOc1ccccc1-c1ccoc1CNC(C)C. The fourth-order valence-electron chi connectivity index (χ4n) is 2.04. The molecule has 0 radical (unpaired) electrons. The molecule has 3 nitrogen and oxygen atoms in total. The van der Waals surface area contributed by atoms with Crippen LogP contribution in [0, 0.1) is 0 Å². The molecular formula is C17H23NO2. The summed E-state index contributed by atoms with van der Waals surface area (Å²) < 4.78 is 11.4. The van der Waals surface area contributed by atoms with E-state index in [2.05, 4.69) is 32.2 Å². The minimum absolute atomic E-state index is 0.430. The van der Waals surface area contributed by atoms with E-state index < -0.39 is 0 Å². The maximum absolute atomic E-state index is 5.83. The molecule has 1 N–H and O–H groups in total. The second-order valence-corrected chi connectivity index (χ2v) is 5.14. The largest absolute Gasteiger partial charge is 0.493 e. The van der Waals surface area contributed by atoms with E-state index in [1.807, 2.05) is 24.3 Å². The monoisotopic (exact) mass is 273 g/mol. The van der Waals surface area contributed by atoms with Crippen molar-refractivity contribution in [3.63, 3.8) is 0 Å². The van der Waals surface area contributed by atoms with Crippen LogP contribution in [0.2, 0.25) is 0 Å². The Morgan fingerprint density at radius 1 is 1.15 bits per heavy atom. The van der Waals surface area contributed by atoms with Crippen LogP contribution in [0.3, 0.4) is 0 Å². The Kier molecular flexibility index (Phi) is 5.24. The number of hydrogen-bond donors (Lipinski definition) is 1. The Bertz CT molecular complexity index is 531. The topological polar surface area (TPSA) is 34.4 Å². The summed E-state index contributed by atoms with van der Waals surface area (Å²) in [7, 11) is 0. The van der Waals surface area contributed by atoms with Gasteiger partial charge in [0.2, 0.25) is 0 Å². The van der Waals surface area contributed by atoms with Gasteiger partial charge in [-0.1, -0.05) is 39.0 Å². The molecule has 0 amide bonds. The molecule has 1 heterocycles. The Labute approximate surface area is 121 Å². The molecule has 0 aliphatic heterocycles. The third-order valence-corrected chi connectivity index (χ3v) is 3.06. The third-order valence-electron chi connectivity index (χ3n) is 3.06. The van der Waals surface area contributed by atoms with E-state index in [1.54, 1.807) is 6.26 Å². The van der Waals surface area contributed by atoms with Gasteiger partial charge in [-0.3, -0.25) is 0 Å². The fourth-order valence-corrected chi connectivity index (χ4v) is 2.04. The summed E-state index contributed by atoms with van der Waals surface area (Å²) in [6.45, 7) is 7.82. The molecule has 0 fully saturated rings. The lowest BCUT2D eigenvalue weighted by atomic mass is 10.1. The molecule has 0 atom stereocenters. The summed E-state index contributed by atoms with van der Waals surface area (Å²) in [4.78, 5) is 0. The van der Waals surface area contributed by atoms with E-state index in [-0.39, 0.29) is 0 Å². The molecule has 0 saturated carbocycles. The summed E-state index contributed by atoms with van der Waals surface area (Å²) in [6.07, 6.45) is 2.74. The van der Waals surface area contributed by atoms with E-state index in [9.17, 15) is 0 Å². The highest BCUT2D eigenvalue weighted by molar-refractivity contribution is 5.71. The van der Waals surface area contributed by atoms with Gasteiger partial charge in [-0.15, -0.1) is 0 Å². The first-order valence-corrected chi connectivity index (χ1v) is 7.24. The Morgan fingerprint density at radius 2 is 1.95 bits per heavy atom. The zero-order valence-electron chi connectivity index (χ0n) is 12.5. The summed E-state index contributed by atoms with van der Waals surface area (Å²) in [5.74, 6) is 1.87. The minimum atomic E-state index is 0.430. The maximum atomic E-state index is 5.83. The van der Waals surface area contributed by atoms with E-state index in [0.717, 1.165) is 42.2 Å². The number of hydrogen-bond acceptors (Lipinski definition) is 3. The molecule has 3 heteroatoms. The van der Waals surface area contributed by atoms with Crippen molar-refractivity contribution in [1.82, 2.24) is 5.32 Å². The van der Waals surface area contributed by atoms with Gasteiger partial charge in [-0.2, -0.15) is 0 Å². The Hall–Kier alpha value is -1.74. The van der Waals surface area contributed by atoms with E-state index in [0.29, 0.717) is 6.04 Å². The minimum Gasteiger partial charge on any atom is -0.493 e. The molecule has 108 valence electrons. The van der Waals surface area contributed by atoms with Gasteiger partial charge in [0.25, 0.3) is 0 Å². The Balaban J connectivity index is 2.25. The van der Waals surface area contributed by atoms with Gasteiger partial charge in [0.1, 0.15) is 11.5 Å². The van der Waals surface area contributed by atoms with Crippen molar-refractivity contribution in [2.24, 2.45) is 0 Å². The molecule has 0 spiro atoms. The average Bonchev–Trinajstić information content (AvgIpc) is 2.91. The standard InChI is InChI=1S/C17H23NO2/c1-4-10-19-16-8-6-5-7-14(16)15-9-11-20-17(15)12-18-13(2)3/h5-9,11,13,18H,4,10,12H2,1-3H3. The number of benzene rings is 1. The Morgan fingerprint density at radius 3 is 2.70 bits per heavy atom. The second-order valence-electron chi connectivity index (χ2n) is 5.14. The number of para-hydroxylation sites is 1. The first-order chi connectivity index (χ1) is 9.72.